The van der Waals surface area contributed by atoms with Gasteiger partial charge >= 0.3 is 0 Å². The van der Waals surface area contributed by atoms with Crippen LogP contribution in [-0.2, 0) is 6.54 Å². The minimum atomic E-state index is 0.908. The molecule has 1 aromatic rings. The highest BCUT2D eigenvalue weighted by Crippen LogP contribution is 2.08. The van der Waals surface area contributed by atoms with E-state index in [1.54, 1.807) is 0 Å². The Labute approximate surface area is 91.4 Å². The molecule has 1 aromatic carbocycles. The van der Waals surface area contributed by atoms with E-state index in [4.69, 9.17) is 0 Å². The van der Waals surface area contributed by atoms with Gasteiger partial charge in [0.25, 0.3) is 0 Å². The molecule has 0 amide bonds. The number of amidine groups is 1. The predicted octanol–water partition coefficient (Wildman–Crippen LogP) is 2.67. The minimum Gasteiger partial charge on any atom is -0.370 e. The van der Waals surface area contributed by atoms with Crippen molar-refractivity contribution in [1.82, 2.24) is 5.32 Å². The monoisotopic (exact) mass is 202 g/mol. The first kappa shape index (κ1) is 10.2. The van der Waals surface area contributed by atoms with Gasteiger partial charge in [0, 0.05) is 19.5 Å². The molecule has 0 aliphatic carbocycles. The van der Waals surface area contributed by atoms with Crippen molar-refractivity contribution in [2.24, 2.45) is 4.99 Å². The largest absolute Gasteiger partial charge is 0.370 e. The summed E-state index contributed by atoms with van der Waals surface area (Å²) in [7, 11) is 0. The van der Waals surface area contributed by atoms with E-state index >= 15 is 0 Å². The lowest BCUT2D eigenvalue weighted by molar-refractivity contribution is 0.705. The van der Waals surface area contributed by atoms with Gasteiger partial charge < -0.3 is 5.32 Å². The number of aliphatic imine (C=N–C) groups is 1. The van der Waals surface area contributed by atoms with Crippen LogP contribution in [0.15, 0.2) is 29.3 Å². The molecule has 0 bridgehead atoms. The van der Waals surface area contributed by atoms with Crippen molar-refractivity contribution < 1.29 is 0 Å². The van der Waals surface area contributed by atoms with Crippen LogP contribution in [0.1, 0.15) is 30.4 Å². The fourth-order valence-electron chi connectivity index (χ4n) is 1.85. The van der Waals surface area contributed by atoms with Gasteiger partial charge in [0.2, 0.25) is 0 Å². The molecule has 0 fully saturated rings. The summed E-state index contributed by atoms with van der Waals surface area (Å²) in [5, 5.41) is 3.43. The standard InChI is InChI=1S/C13H18N2/c1-11-6-2-3-7-12(11)10-15-13-8-4-5-9-14-13/h2-3,6-7H,4-5,8-10H2,1H3,(H,14,15). The lowest BCUT2D eigenvalue weighted by Gasteiger charge is -2.14. The Morgan fingerprint density at radius 2 is 2.13 bits per heavy atom. The molecule has 0 spiro atoms. The Hall–Kier alpha value is -1.31. The van der Waals surface area contributed by atoms with E-state index in [1.807, 2.05) is 0 Å². The normalized spacial score (nSPS) is 15.9. The zero-order valence-electron chi connectivity index (χ0n) is 9.29. The second-order valence-corrected chi connectivity index (χ2v) is 4.07. The van der Waals surface area contributed by atoms with E-state index in [9.17, 15) is 0 Å². The molecule has 0 radical (unpaired) electrons. The van der Waals surface area contributed by atoms with Crippen molar-refractivity contribution >= 4 is 5.84 Å². The molecular formula is C13H18N2. The summed E-state index contributed by atoms with van der Waals surface area (Å²) >= 11 is 0. The summed E-state index contributed by atoms with van der Waals surface area (Å²) in [5.74, 6) is 1.18. The second-order valence-electron chi connectivity index (χ2n) is 4.07. The number of rotatable bonds is 2. The molecule has 2 heteroatoms. The van der Waals surface area contributed by atoms with Crippen LogP contribution >= 0.6 is 0 Å². The van der Waals surface area contributed by atoms with Gasteiger partial charge in [0.1, 0.15) is 0 Å². The van der Waals surface area contributed by atoms with E-state index in [0.717, 1.165) is 19.5 Å². The van der Waals surface area contributed by atoms with Crippen LogP contribution in [0, 0.1) is 6.92 Å². The van der Waals surface area contributed by atoms with E-state index < -0.39 is 0 Å². The van der Waals surface area contributed by atoms with Crippen LogP contribution < -0.4 is 5.32 Å². The lowest BCUT2D eigenvalue weighted by atomic mass is 10.1. The topological polar surface area (TPSA) is 24.4 Å². The van der Waals surface area contributed by atoms with Crippen LogP contribution in [0.5, 0.6) is 0 Å². The second kappa shape index (κ2) is 4.96. The SMILES string of the molecule is Cc1ccccc1CNC1=NCCCC1. The molecule has 0 saturated carbocycles. The van der Waals surface area contributed by atoms with E-state index in [1.165, 1.54) is 29.8 Å². The van der Waals surface area contributed by atoms with Crippen molar-refractivity contribution in [3.63, 3.8) is 0 Å². The van der Waals surface area contributed by atoms with Gasteiger partial charge in [0.15, 0.2) is 0 Å². The average molecular weight is 202 g/mol. The molecule has 0 saturated heterocycles. The molecule has 1 heterocycles. The van der Waals surface area contributed by atoms with E-state index in [0.29, 0.717) is 0 Å². The molecule has 1 aliphatic rings. The van der Waals surface area contributed by atoms with Crippen molar-refractivity contribution in [1.29, 1.82) is 0 Å². The Balaban J connectivity index is 1.93. The fraction of sp³-hybridized carbons (Fsp3) is 0.462. The van der Waals surface area contributed by atoms with Gasteiger partial charge in [-0.3, -0.25) is 4.99 Å². The van der Waals surface area contributed by atoms with Gasteiger partial charge in [-0.1, -0.05) is 24.3 Å². The van der Waals surface area contributed by atoms with Gasteiger partial charge in [0.05, 0.1) is 5.84 Å². The molecule has 1 aliphatic heterocycles. The van der Waals surface area contributed by atoms with Crippen LogP contribution in [-0.4, -0.2) is 12.4 Å². The third-order valence-corrected chi connectivity index (χ3v) is 2.87. The first-order chi connectivity index (χ1) is 7.36. The predicted molar refractivity (Wildman–Crippen MR) is 64.2 cm³/mol. The van der Waals surface area contributed by atoms with Gasteiger partial charge in [-0.25, -0.2) is 0 Å². The zero-order valence-corrected chi connectivity index (χ0v) is 9.29. The van der Waals surface area contributed by atoms with Crippen molar-refractivity contribution in [3.05, 3.63) is 35.4 Å². The Kier molecular flexibility index (Phi) is 3.38. The average Bonchev–Trinajstić information content (AvgIpc) is 2.29. The third-order valence-electron chi connectivity index (χ3n) is 2.87. The smallest absolute Gasteiger partial charge is 0.0965 e. The van der Waals surface area contributed by atoms with Gasteiger partial charge in [-0.2, -0.15) is 0 Å². The maximum absolute atomic E-state index is 4.48. The molecule has 2 rings (SSSR count). The van der Waals surface area contributed by atoms with Crippen LogP contribution in [0.25, 0.3) is 0 Å². The number of hydrogen-bond donors (Lipinski definition) is 1. The van der Waals surface area contributed by atoms with Crippen molar-refractivity contribution in [2.75, 3.05) is 6.54 Å². The molecule has 1 N–H and O–H groups in total. The summed E-state index contributed by atoms with van der Waals surface area (Å²) in [6.45, 7) is 4.06. The van der Waals surface area contributed by atoms with Crippen LogP contribution in [0.3, 0.4) is 0 Å². The van der Waals surface area contributed by atoms with Gasteiger partial charge in [-0.05, 0) is 30.9 Å². The molecule has 0 unspecified atom stereocenters. The van der Waals surface area contributed by atoms with Crippen molar-refractivity contribution in [2.45, 2.75) is 32.7 Å². The Morgan fingerprint density at radius 1 is 1.27 bits per heavy atom. The highest BCUT2D eigenvalue weighted by atomic mass is 15.0. The van der Waals surface area contributed by atoms with E-state index in [2.05, 4.69) is 41.5 Å². The summed E-state index contributed by atoms with van der Waals surface area (Å²) in [5.41, 5.74) is 2.71. The van der Waals surface area contributed by atoms with Crippen molar-refractivity contribution in [3.8, 4) is 0 Å². The van der Waals surface area contributed by atoms with Crippen LogP contribution in [0.2, 0.25) is 0 Å². The highest BCUT2D eigenvalue weighted by molar-refractivity contribution is 5.82. The molecule has 80 valence electrons. The summed E-state index contributed by atoms with van der Waals surface area (Å²) in [6.07, 6.45) is 3.64. The maximum Gasteiger partial charge on any atom is 0.0965 e. The Morgan fingerprint density at radius 3 is 2.87 bits per heavy atom. The number of benzene rings is 1. The summed E-state index contributed by atoms with van der Waals surface area (Å²) in [6, 6.07) is 8.50. The highest BCUT2D eigenvalue weighted by Gasteiger charge is 2.04. The molecule has 0 atom stereocenters. The van der Waals surface area contributed by atoms with Crippen LogP contribution in [0.4, 0.5) is 0 Å². The number of hydrogen-bond acceptors (Lipinski definition) is 2. The maximum atomic E-state index is 4.48. The minimum absolute atomic E-state index is 0.908. The molecule has 15 heavy (non-hydrogen) atoms. The Bertz CT molecular complexity index is 355. The quantitative estimate of drug-likeness (QED) is 0.783. The third kappa shape index (κ3) is 2.82. The fourth-order valence-corrected chi connectivity index (χ4v) is 1.85. The summed E-state index contributed by atoms with van der Waals surface area (Å²) < 4.78 is 0. The first-order valence-corrected chi connectivity index (χ1v) is 5.68. The number of aryl methyl sites for hydroxylation is 1. The molecule has 2 nitrogen and oxygen atoms in total. The first-order valence-electron chi connectivity index (χ1n) is 5.68. The zero-order chi connectivity index (χ0) is 10.5. The van der Waals surface area contributed by atoms with E-state index in [-0.39, 0.29) is 0 Å². The number of nitrogens with one attached hydrogen (secondary N) is 1. The summed E-state index contributed by atoms with van der Waals surface area (Å²) in [4.78, 5) is 4.48. The molecular weight excluding hydrogens is 184 g/mol. The lowest BCUT2D eigenvalue weighted by Crippen LogP contribution is -2.25. The van der Waals surface area contributed by atoms with Gasteiger partial charge in [-0.15, -0.1) is 0 Å². The molecule has 0 aromatic heterocycles. The number of nitrogens with zero attached hydrogens (tertiary/aromatic N) is 1.